The molecule has 0 aliphatic carbocycles. The number of carbonyl (C=O) groups is 3. The van der Waals surface area contributed by atoms with Gasteiger partial charge in [0.1, 0.15) is 6.61 Å². The Morgan fingerprint density at radius 1 is 0.455 bits per heavy atom. The molecule has 0 saturated heterocycles. The van der Waals surface area contributed by atoms with Crippen molar-refractivity contribution in [1.29, 1.82) is 0 Å². The van der Waals surface area contributed by atoms with Gasteiger partial charge in [0.15, 0.2) is 0 Å². The summed E-state index contributed by atoms with van der Waals surface area (Å²) in [4.78, 5) is 40.1. The van der Waals surface area contributed by atoms with Crippen molar-refractivity contribution in [3.63, 3.8) is 0 Å². The van der Waals surface area contributed by atoms with Crippen LogP contribution < -0.4 is 0 Å². The van der Waals surface area contributed by atoms with Crippen molar-refractivity contribution in [2.45, 2.75) is 210 Å². The zero-order valence-corrected chi connectivity index (χ0v) is 38.2. The molecule has 0 aromatic heterocycles. The lowest BCUT2D eigenvalue weighted by atomic mass is 9.89. The fraction of sp³-hybridized carbons (Fsp3) is 0.938. The van der Waals surface area contributed by atoms with Gasteiger partial charge < -0.3 is 19.1 Å². The summed E-state index contributed by atoms with van der Waals surface area (Å²) in [5.41, 5.74) is 0. The van der Waals surface area contributed by atoms with Crippen LogP contribution in [-0.2, 0) is 28.6 Å². The van der Waals surface area contributed by atoms with Crippen LogP contribution in [0.3, 0.4) is 0 Å². The van der Waals surface area contributed by atoms with Crippen LogP contribution in [0.1, 0.15) is 210 Å². The first-order valence-corrected chi connectivity index (χ1v) is 23.5. The average molecular weight is 780 g/mol. The van der Waals surface area contributed by atoms with Crippen molar-refractivity contribution in [2.24, 2.45) is 41.4 Å². The van der Waals surface area contributed by atoms with E-state index in [1.54, 1.807) is 0 Å². The lowest BCUT2D eigenvalue weighted by Crippen LogP contribution is -2.29. The molecule has 0 rings (SSSR count). The molecule has 0 amide bonds. The van der Waals surface area contributed by atoms with Crippen LogP contribution in [0, 0.1) is 41.4 Å². The van der Waals surface area contributed by atoms with Gasteiger partial charge in [-0.1, -0.05) is 159 Å². The van der Waals surface area contributed by atoms with E-state index in [0.717, 1.165) is 110 Å². The highest BCUT2D eigenvalue weighted by Gasteiger charge is 2.20. The van der Waals surface area contributed by atoms with Crippen LogP contribution in [0.4, 0.5) is 0 Å². The Balaban J connectivity index is 4.32. The highest BCUT2D eigenvalue weighted by molar-refractivity contribution is 5.72. The number of hydrogen-bond acceptors (Lipinski definition) is 7. The minimum atomic E-state index is -0.0397. The van der Waals surface area contributed by atoms with Crippen molar-refractivity contribution < 1.29 is 28.6 Å². The second kappa shape index (κ2) is 35.5. The van der Waals surface area contributed by atoms with Crippen molar-refractivity contribution in [3.8, 4) is 0 Å². The third-order valence-corrected chi connectivity index (χ3v) is 11.8. The molecule has 0 bridgehead atoms. The molecule has 326 valence electrons. The number of esters is 3. The van der Waals surface area contributed by atoms with E-state index in [9.17, 15) is 14.4 Å². The van der Waals surface area contributed by atoms with E-state index in [1.807, 2.05) is 0 Å². The average Bonchev–Trinajstić information content (AvgIpc) is 3.13. The molecule has 0 spiro atoms. The Labute approximate surface area is 341 Å². The van der Waals surface area contributed by atoms with Gasteiger partial charge in [-0.3, -0.25) is 14.4 Å². The molecule has 0 aliphatic rings. The molecule has 55 heavy (non-hydrogen) atoms. The summed E-state index contributed by atoms with van der Waals surface area (Å²) < 4.78 is 17.1. The van der Waals surface area contributed by atoms with E-state index < -0.39 is 0 Å². The minimum absolute atomic E-state index is 0.00457. The first-order chi connectivity index (χ1) is 26.3. The Morgan fingerprint density at radius 3 is 1.16 bits per heavy atom. The van der Waals surface area contributed by atoms with Gasteiger partial charge in [-0.2, -0.15) is 0 Å². The van der Waals surface area contributed by atoms with Crippen LogP contribution in [0.15, 0.2) is 0 Å². The Kier molecular flexibility index (Phi) is 34.5. The quantitative estimate of drug-likeness (QED) is 0.0350. The molecule has 0 radical (unpaired) electrons. The smallest absolute Gasteiger partial charge is 0.308 e. The van der Waals surface area contributed by atoms with Crippen LogP contribution in [-0.4, -0.2) is 62.3 Å². The lowest BCUT2D eigenvalue weighted by molar-refractivity contribution is -0.149. The largest absolute Gasteiger partial charge is 0.465 e. The van der Waals surface area contributed by atoms with Crippen molar-refractivity contribution in [3.05, 3.63) is 0 Å². The molecule has 7 heteroatoms. The Bertz CT molecular complexity index is 856. The molecule has 7 nitrogen and oxygen atoms in total. The fourth-order valence-electron chi connectivity index (χ4n) is 7.26. The van der Waals surface area contributed by atoms with Crippen LogP contribution in [0.5, 0.6) is 0 Å². The number of carbonyl (C=O) groups excluding carboxylic acids is 3. The van der Waals surface area contributed by atoms with Gasteiger partial charge in [0.25, 0.3) is 0 Å². The molecule has 0 aliphatic heterocycles. The van der Waals surface area contributed by atoms with E-state index >= 15 is 0 Å². The van der Waals surface area contributed by atoms with Crippen LogP contribution >= 0.6 is 0 Å². The Hall–Kier alpha value is -1.63. The molecular weight excluding hydrogens is 687 g/mol. The summed E-state index contributed by atoms with van der Waals surface area (Å²) in [7, 11) is 0. The van der Waals surface area contributed by atoms with Crippen molar-refractivity contribution in [1.82, 2.24) is 4.90 Å². The van der Waals surface area contributed by atoms with E-state index in [-0.39, 0.29) is 23.8 Å². The highest BCUT2D eigenvalue weighted by Crippen LogP contribution is 2.24. The first-order valence-electron chi connectivity index (χ1n) is 23.5. The summed E-state index contributed by atoms with van der Waals surface area (Å²) in [6.45, 7) is 26.6. The topological polar surface area (TPSA) is 82.1 Å². The van der Waals surface area contributed by atoms with Crippen molar-refractivity contribution in [2.75, 3.05) is 39.5 Å². The molecule has 2 unspecified atom stereocenters. The third kappa shape index (κ3) is 32.1. The molecular formula is C48H93NO6. The van der Waals surface area contributed by atoms with E-state index in [1.165, 1.54) is 38.5 Å². The van der Waals surface area contributed by atoms with Gasteiger partial charge >= 0.3 is 17.9 Å². The maximum Gasteiger partial charge on any atom is 0.308 e. The monoisotopic (exact) mass is 780 g/mol. The molecule has 0 saturated carbocycles. The highest BCUT2D eigenvalue weighted by atomic mass is 16.5. The second-order valence-corrected chi connectivity index (χ2v) is 18.2. The number of ether oxygens (including phenoxy) is 3. The number of rotatable bonds is 38. The second-order valence-electron chi connectivity index (χ2n) is 18.2. The molecule has 0 aromatic rings. The zero-order chi connectivity index (χ0) is 41.3. The van der Waals surface area contributed by atoms with Crippen LogP contribution in [0.25, 0.3) is 0 Å². The summed E-state index contributed by atoms with van der Waals surface area (Å²) in [5, 5.41) is 0. The van der Waals surface area contributed by atoms with Gasteiger partial charge in [-0.25, -0.2) is 0 Å². The summed E-state index contributed by atoms with van der Waals surface area (Å²) >= 11 is 0. The van der Waals surface area contributed by atoms with Crippen molar-refractivity contribution >= 4 is 17.9 Å². The standard InChI is InChI=1S/C48H93NO6/c1-11-49(12-2)35-36-53-48(52)43(27-23-19-15-13-17-21-25-29-46(50)54-37-44(41(7)8)33-31-39(3)4)28-24-20-16-14-18-22-26-30-47(51)55-38-45(42(9)10)34-32-40(5)6/h39-45H,11-38H2,1-10H3. The van der Waals surface area contributed by atoms with Gasteiger partial charge in [0, 0.05) is 19.4 Å². The molecule has 0 aromatic carbocycles. The summed E-state index contributed by atoms with van der Waals surface area (Å²) in [6, 6.07) is 0. The predicted molar refractivity (Wildman–Crippen MR) is 232 cm³/mol. The normalized spacial score (nSPS) is 13.6. The van der Waals surface area contributed by atoms with E-state index in [2.05, 4.69) is 74.1 Å². The summed E-state index contributed by atoms with van der Waals surface area (Å²) in [6.07, 6.45) is 22.9. The fourth-order valence-corrected chi connectivity index (χ4v) is 7.26. The van der Waals surface area contributed by atoms with Gasteiger partial charge in [0.05, 0.1) is 19.1 Å². The maximum absolute atomic E-state index is 13.1. The molecule has 0 N–H and O–H groups in total. The van der Waals surface area contributed by atoms with Gasteiger partial charge in [-0.15, -0.1) is 0 Å². The van der Waals surface area contributed by atoms with Gasteiger partial charge in [0.2, 0.25) is 0 Å². The van der Waals surface area contributed by atoms with E-state index in [0.29, 0.717) is 68.2 Å². The van der Waals surface area contributed by atoms with E-state index in [4.69, 9.17) is 14.2 Å². The first kappa shape index (κ1) is 53.4. The number of likely N-dealkylation sites (N-methyl/N-ethyl adjacent to an activating group) is 1. The summed E-state index contributed by atoms with van der Waals surface area (Å²) in [5.74, 6) is 3.26. The zero-order valence-electron chi connectivity index (χ0n) is 38.2. The predicted octanol–water partition coefficient (Wildman–Crippen LogP) is 13.0. The SMILES string of the molecule is CCN(CC)CCOC(=O)C(CCCCCCCCCC(=O)OCC(CCC(C)C)C(C)C)CCCCCCCCCC(=O)OCC(CCC(C)C)C(C)C. The van der Waals surface area contributed by atoms with Gasteiger partial charge in [-0.05, 0) is 87.1 Å². The molecule has 0 heterocycles. The lowest BCUT2D eigenvalue weighted by Gasteiger charge is -2.21. The third-order valence-electron chi connectivity index (χ3n) is 11.8. The maximum atomic E-state index is 13.1. The number of nitrogens with zero attached hydrogens (tertiary/aromatic N) is 1. The minimum Gasteiger partial charge on any atom is -0.465 e. The molecule has 0 fully saturated rings. The number of hydrogen-bond donors (Lipinski definition) is 0. The van der Waals surface area contributed by atoms with Crippen LogP contribution in [0.2, 0.25) is 0 Å². The number of unbranched alkanes of at least 4 members (excludes halogenated alkanes) is 12. The molecule has 2 atom stereocenters. The Morgan fingerprint density at radius 2 is 0.818 bits per heavy atom.